The molecule has 2 heterocycles. The number of piperazine rings is 1. The first-order valence-electron chi connectivity index (χ1n) is 11.5. The van der Waals surface area contributed by atoms with E-state index < -0.39 is 11.6 Å². The van der Waals surface area contributed by atoms with E-state index in [2.05, 4.69) is 32.7 Å². The first kappa shape index (κ1) is 22.5. The van der Waals surface area contributed by atoms with Gasteiger partial charge in [-0.25, -0.2) is 9.18 Å². The molecule has 3 aliphatic rings. The Kier molecular flexibility index (Phi) is 6.37. The second-order valence-corrected chi connectivity index (χ2v) is 9.12. The van der Waals surface area contributed by atoms with E-state index in [-0.39, 0.29) is 29.6 Å². The van der Waals surface area contributed by atoms with Gasteiger partial charge in [0.15, 0.2) is 0 Å². The van der Waals surface area contributed by atoms with E-state index in [0.717, 1.165) is 44.0 Å². The quantitative estimate of drug-likeness (QED) is 0.602. The summed E-state index contributed by atoms with van der Waals surface area (Å²) in [5, 5.41) is 8.07. The highest BCUT2D eigenvalue weighted by atomic mass is 19.1. The summed E-state index contributed by atoms with van der Waals surface area (Å²) >= 11 is 0. The van der Waals surface area contributed by atoms with Gasteiger partial charge >= 0.3 is 6.03 Å². The van der Waals surface area contributed by atoms with Crippen LogP contribution in [0.2, 0.25) is 0 Å². The lowest BCUT2D eigenvalue weighted by atomic mass is 9.76. The number of nitrogens with one attached hydrogen (secondary N) is 3. The Bertz CT molecular complexity index is 892. The van der Waals surface area contributed by atoms with E-state index in [0.29, 0.717) is 25.7 Å². The largest absolute Gasteiger partial charge is 0.369 e. The number of nitrogens with zero attached hydrogens (tertiary/aromatic N) is 2. The van der Waals surface area contributed by atoms with Gasteiger partial charge in [0, 0.05) is 43.3 Å². The molecule has 0 bridgehead atoms. The maximum Gasteiger partial charge on any atom is 0.322 e. The third-order valence-corrected chi connectivity index (χ3v) is 7.20. The molecule has 0 radical (unpaired) electrons. The van der Waals surface area contributed by atoms with E-state index in [1.165, 1.54) is 12.1 Å². The lowest BCUT2D eigenvalue weighted by Gasteiger charge is -2.37. The number of anilines is 1. The monoisotopic (exact) mass is 445 g/mol. The van der Waals surface area contributed by atoms with Gasteiger partial charge < -0.3 is 20.4 Å². The van der Waals surface area contributed by atoms with Gasteiger partial charge in [-0.2, -0.15) is 0 Å². The van der Waals surface area contributed by atoms with Crippen LogP contribution < -0.4 is 20.9 Å². The summed E-state index contributed by atoms with van der Waals surface area (Å²) in [4.78, 5) is 41.2. The Morgan fingerprint density at radius 3 is 2.50 bits per heavy atom. The summed E-state index contributed by atoms with van der Waals surface area (Å²) in [6.07, 6.45) is 1.90. The van der Waals surface area contributed by atoms with Crippen molar-refractivity contribution in [2.45, 2.75) is 51.1 Å². The number of rotatable bonds is 5. The number of amides is 4. The number of carbonyl (C=O) groups is 3. The minimum absolute atomic E-state index is 0.0944. The summed E-state index contributed by atoms with van der Waals surface area (Å²) in [7, 11) is 0. The van der Waals surface area contributed by atoms with E-state index in [1.807, 2.05) is 6.92 Å². The first-order chi connectivity index (χ1) is 15.3. The number of benzene rings is 1. The second kappa shape index (κ2) is 9.05. The van der Waals surface area contributed by atoms with Gasteiger partial charge in [-0.15, -0.1) is 0 Å². The molecule has 1 saturated carbocycles. The van der Waals surface area contributed by atoms with Gasteiger partial charge in [-0.3, -0.25) is 14.9 Å². The van der Waals surface area contributed by atoms with E-state index in [4.69, 9.17) is 0 Å². The van der Waals surface area contributed by atoms with Gasteiger partial charge in [0.2, 0.25) is 5.91 Å². The van der Waals surface area contributed by atoms with Crippen molar-refractivity contribution in [2.24, 2.45) is 5.92 Å². The van der Waals surface area contributed by atoms with Crippen molar-refractivity contribution in [1.82, 2.24) is 20.9 Å². The Labute approximate surface area is 187 Å². The molecule has 9 heteroatoms. The van der Waals surface area contributed by atoms with Crippen LogP contribution in [-0.4, -0.2) is 61.0 Å². The maximum absolute atomic E-state index is 14.1. The van der Waals surface area contributed by atoms with Gasteiger partial charge in [0.25, 0.3) is 5.91 Å². The molecule has 1 atom stereocenters. The smallest absolute Gasteiger partial charge is 0.322 e. The number of imide groups is 1. The van der Waals surface area contributed by atoms with E-state index in [1.54, 1.807) is 6.07 Å². The summed E-state index contributed by atoms with van der Waals surface area (Å²) in [6.45, 7) is 8.70. The van der Waals surface area contributed by atoms with Crippen LogP contribution in [0.15, 0.2) is 18.2 Å². The Morgan fingerprint density at radius 2 is 1.91 bits per heavy atom. The molecule has 1 unspecified atom stereocenters. The van der Waals surface area contributed by atoms with Crippen molar-refractivity contribution >= 4 is 23.5 Å². The fourth-order valence-electron chi connectivity index (χ4n) is 5.13. The zero-order valence-electron chi connectivity index (χ0n) is 18.7. The Hall–Kier alpha value is -2.68. The van der Waals surface area contributed by atoms with Crippen molar-refractivity contribution in [3.63, 3.8) is 0 Å². The molecule has 1 spiro atoms. The predicted molar refractivity (Wildman–Crippen MR) is 119 cm³/mol. The Morgan fingerprint density at radius 1 is 1.22 bits per heavy atom. The highest BCUT2D eigenvalue weighted by molar-refractivity contribution is 6.07. The lowest BCUT2D eigenvalue weighted by molar-refractivity contribution is -0.130. The van der Waals surface area contributed by atoms with Crippen LogP contribution in [0.25, 0.3) is 0 Å². The van der Waals surface area contributed by atoms with Crippen molar-refractivity contribution < 1.29 is 18.8 Å². The first-order valence-corrected chi connectivity index (χ1v) is 11.5. The highest BCUT2D eigenvalue weighted by Crippen LogP contribution is 2.35. The van der Waals surface area contributed by atoms with Gasteiger partial charge in [-0.05, 0) is 57.4 Å². The van der Waals surface area contributed by atoms with E-state index in [9.17, 15) is 18.8 Å². The fraction of sp³-hybridized carbons (Fsp3) is 0.609. The minimum atomic E-state index is -0.879. The molecule has 1 aromatic carbocycles. The molecular formula is C23H32FN5O3. The minimum Gasteiger partial charge on any atom is -0.369 e. The van der Waals surface area contributed by atoms with Crippen molar-refractivity contribution in [2.75, 3.05) is 37.6 Å². The van der Waals surface area contributed by atoms with Crippen molar-refractivity contribution in [1.29, 1.82) is 0 Å². The summed E-state index contributed by atoms with van der Waals surface area (Å²) in [6, 6.07) is 3.98. The summed E-state index contributed by atoms with van der Waals surface area (Å²) in [5.41, 5.74) is 0.858. The maximum atomic E-state index is 14.1. The van der Waals surface area contributed by atoms with Crippen LogP contribution in [0.5, 0.6) is 0 Å². The average molecular weight is 446 g/mol. The number of urea groups is 1. The number of carbonyl (C=O) groups excluding carboxylic acids is 3. The number of likely N-dealkylation sites (N-methyl/N-ethyl adjacent to an activating group) is 1. The molecule has 2 aliphatic heterocycles. The Balaban J connectivity index is 1.40. The molecule has 0 aromatic heterocycles. The molecule has 1 aromatic rings. The number of halogens is 1. The van der Waals surface area contributed by atoms with E-state index >= 15 is 0 Å². The topological polar surface area (TPSA) is 93.8 Å². The molecule has 3 N–H and O–H groups in total. The molecular weight excluding hydrogens is 413 g/mol. The average Bonchev–Trinajstić information content (AvgIpc) is 3.06. The van der Waals surface area contributed by atoms with Crippen molar-refractivity contribution in [3.8, 4) is 0 Å². The zero-order chi connectivity index (χ0) is 22.9. The zero-order valence-corrected chi connectivity index (χ0v) is 18.7. The van der Waals surface area contributed by atoms with Crippen molar-refractivity contribution in [3.05, 3.63) is 29.6 Å². The normalized spacial score (nSPS) is 27.2. The highest BCUT2D eigenvalue weighted by Gasteiger charge is 2.49. The molecule has 1 aliphatic carbocycles. The van der Waals surface area contributed by atoms with Crippen LogP contribution in [0, 0.1) is 11.7 Å². The molecule has 4 amide bonds. The van der Waals surface area contributed by atoms with Gasteiger partial charge in [-0.1, -0.05) is 6.92 Å². The second-order valence-electron chi connectivity index (χ2n) is 9.12. The standard InChI is InChI=1S/C23H32FN5O3/c1-3-28-10-12-29(13-11-28)19-5-4-17(24)14-18(19)15(2)25-20(30)16-6-8-23(9-7-16)21(31)26-22(32)27-23/h4-5,14-16H,3,6-13H2,1-2H3,(H,25,30)(H2,26,27,31,32). The van der Waals surface area contributed by atoms with Gasteiger partial charge in [0.1, 0.15) is 11.4 Å². The molecule has 32 heavy (non-hydrogen) atoms. The molecule has 174 valence electrons. The van der Waals surface area contributed by atoms with Gasteiger partial charge in [0.05, 0.1) is 6.04 Å². The number of hydrogen-bond donors (Lipinski definition) is 3. The molecule has 4 rings (SSSR count). The van der Waals surface area contributed by atoms with Crippen LogP contribution in [0.4, 0.5) is 14.9 Å². The third-order valence-electron chi connectivity index (χ3n) is 7.20. The summed E-state index contributed by atoms with van der Waals surface area (Å²) in [5.74, 6) is -0.955. The van der Waals surface area contributed by atoms with Crippen LogP contribution in [-0.2, 0) is 9.59 Å². The lowest BCUT2D eigenvalue weighted by Crippen LogP contribution is -2.51. The summed E-state index contributed by atoms with van der Waals surface area (Å²) < 4.78 is 14.1. The number of hydrogen-bond acceptors (Lipinski definition) is 5. The van der Waals surface area contributed by atoms with Crippen LogP contribution >= 0.6 is 0 Å². The third kappa shape index (κ3) is 4.44. The molecule has 3 fully saturated rings. The van der Waals surface area contributed by atoms with Crippen LogP contribution in [0.1, 0.15) is 51.1 Å². The molecule has 8 nitrogen and oxygen atoms in total. The molecule has 2 saturated heterocycles. The SMILES string of the molecule is CCN1CCN(c2ccc(F)cc2C(C)NC(=O)C2CCC3(CC2)NC(=O)NC3=O)CC1. The predicted octanol–water partition coefficient (Wildman–Crippen LogP) is 1.91. The van der Waals surface area contributed by atoms with Crippen LogP contribution in [0.3, 0.4) is 0 Å². The fourth-order valence-corrected chi connectivity index (χ4v) is 5.13.